The summed E-state index contributed by atoms with van der Waals surface area (Å²) in [6, 6.07) is 7.64. The number of carbonyl (C=O) groups is 1. The Bertz CT molecular complexity index is 671. The number of methoxy groups -OCH3 is 1. The Balaban J connectivity index is 2.08. The van der Waals surface area contributed by atoms with Gasteiger partial charge in [0.1, 0.15) is 11.6 Å². The van der Waals surface area contributed by atoms with Crippen LogP contribution in [-0.2, 0) is 16.0 Å². The molecule has 0 unspecified atom stereocenters. The molecule has 0 fully saturated rings. The fraction of sp³-hybridized carbons (Fsp3) is 0.476. The Morgan fingerprint density at radius 3 is 2.59 bits per heavy atom. The average Bonchev–Trinajstić information content (AvgIpc) is 2.68. The van der Waals surface area contributed by atoms with Crippen LogP contribution in [0.15, 0.2) is 48.6 Å². The number of hydroxylamine groups is 1. The number of rotatable bonds is 9. The van der Waals surface area contributed by atoms with Crippen molar-refractivity contribution in [2.75, 3.05) is 13.7 Å². The number of allylic oxidation sites excluding steroid dienone is 2. The minimum atomic E-state index is -0.961. The van der Waals surface area contributed by atoms with E-state index in [4.69, 9.17) is 9.94 Å². The summed E-state index contributed by atoms with van der Waals surface area (Å²) >= 11 is 0. The fourth-order valence-electron chi connectivity index (χ4n) is 3.27. The van der Waals surface area contributed by atoms with Crippen LogP contribution in [0.25, 0.3) is 0 Å². The van der Waals surface area contributed by atoms with E-state index < -0.39 is 23.7 Å². The van der Waals surface area contributed by atoms with Crippen LogP contribution in [0.1, 0.15) is 37.3 Å². The van der Waals surface area contributed by atoms with Gasteiger partial charge in [-0.15, -0.1) is 0 Å². The summed E-state index contributed by atoms with van der Waals surface area (Å²) in [7, 11) is 1.60. The summed E-state index contributed by atoms with van der Waals surface area (Å²) in [6.07, 6.45) is 9.31. The third kappa shape index (κ3) is 5.49. The molecule has 0 bridgehead atoms. The minimum Gasteiger partial charge on any atom is -0.391 e. The Morgan fingerprint density at radius 2 is 2.04 bits per heavy atom. The summed E-state index contributed by atoms with van der Waals surface area (Å²) in [5.74, 6) is -0.524. The minimum absolute atomic E-state index is 0.165. The van der Waals surface area contributed by atoms with Gasteiger partial charge in [-0.3, -0.25) is 10.0 Å². The first-order chi connectivity index (χ1) is 12.9. The largest absolute Gasteiger partial charge is 0.391 e. The standard InChI is InChI=1S/C21H30N2O4/c1-4-6-16-7-5-8-18(13-16)17-9-11-21(27-3,12-10-17)14-22-19(15(2)24)20(25)23-26/h5,7-13,15,17,19,22,24,26H,4,6,14H2,1-3H3,(H,23,25)/t15-,17?,19+,21?/m1/s1. The van der Waals surface area contributed by atoms with Gasteiger partial charge in [-0.2, -0.15) is 0 Å². The molecule has 1 aliphatic rings. The van der Waals surface area contributed by atoms with E-state index in [0.29, 0.717) is 0 Å². The summed E-state index contributed by atoms with van der Waals surface area (Å²) in [6.45, 7) is 3.94. The van der Waals surface area contributed by atoms with Crippen LogP contribution in [0.2, 0.25) is 0 Å². The zero-order valence-corrected chi connectivity index (χ0v) is 16.2. The fourth-order valence-corrected chi connectivity index (χ4v) is 3.27. The molecular formula is C21H30N2O4. The van der Waals surface area contributed by atoms with Gasteiger partial charge < -0.3 is 15.2 Å². The highest BCUT2D eigenvalue weighted by molar-refractivity contribution is 5.81. The Labute approximate surface area is 160 Å². The average molecular weight is 374 g/mol. The zero-order chi connectivity index (χ0) is 19.9. The van der Waals surface area contributed by atoms with Crippen LogP contribution in [-0.4, -0.2) is 47.6 Å². The number of nitrogens with one attached hydrogen (secondary N) is 2. The van der Waals surface area contributed by atoms with E-state index in [1.165, 1.54) is 18.1 Å². The number of carbonyl (C=O) groups excluding carboxylic acids is 1. The van der Waals surface area contributed by atoms with Crippen LogP contribution in [0.4, 0.5) is 0 Å². The maximum Gasteiger partial charge on any atom is 0.263 e. The maximum absolute atomic E-state index is 11.7. The van der Waals surface area contributed by atoms with Crippen LogP contribution >= 0.6 is 0 Å². The van der Waals surface area contributed by atoms with Gasteiger partial charge in [-0.25, -0.2) is 5.48 Å². The number of hydrogen-bond donors (Lipinski definition) is 4. The number of ether oxygens (including phenoxy) is 1. The predicted octanol–water partition coefficient (Wildman–Crippen LogP) is 2.08. The van der Waals surface area contributed by atoms with Crippen molar-refractivity contribution < 1.29 is 19.8 Å². The van der Waals surface area contributed by atoms with Crippen LogP contribution in [0, 0.1) is 0 Å². The second-order valence-corrected chi connectivity index (χ2v) is 6.97. The summed E-state index contributed by atoms with van der Waals surface area (Å²) in [5, 5.41) is 21.5. The number of hydrogen-bond acceptors (Lipinski definition) is 5. The molecule has 0 spiro atoms. The lowest BCUT2D eigenvalue weighted by atomic mass is 9.87. The predicted molar refractivity (Wildman–Crippen MR) is 105 cm³/mol. The van der Waals surface area contributed by atoms with Crippen molar-refractivity contribution in [2.45, 2.75) is 50.4 Å². The van der Waals surface area contributed by atoms with E-state index in [-0.39, 0.29) is 12.5 Å². The highest BCUT2D eigenvalue weighted by atomic mass is 16.5. The van der Waals surface area contributed by atoms with Crippen molar-refractivity contribution >= 4 is 5.91 Å². The van der Waals surface area contributed by atoms with Crippen LogP contribution in [0.5, 0.6) is 0 Å². The molecule has 6 nitrogen and oxygen atoms in total. The summed E-state index contributed by atoms with van der Waals surface area (Å²) in [5.41, 5.74) is 3.41. The smallest absolute Gasteiger partial charge is 0.263 e. The summed E-state index contributed by atoms with van der Waals surface area (Å²) in [4.78, 5) is 11.7. The molecule has 0 radical (unpaired) electrons. The number of aliphatic hydroxyl groups excluding tert-OH is 1. The van der Waals surface area contributed by atoms with Gasteiger partial charge >= 0.3 is 0 Å². The van der Waals surface area contributed by atoms with Crippen LogP contribution < -0.4 is 10.8 Å². The first-order valence-corrected chi connectivity index (χ1v) is 9.32. The Hall–Kier alpha value is -1.99. The molecule has 1 aliphatic carbocycles. The lowest BCUT2D eigenvalue weighted by Gasteiger charge is -2.32. The first-order valence-electron chi connectivity index (χ1n) is 9.32. The molecule has 0 saturated heterocycles. The third-order valence-electron chi connectivity index (χ3n) is 4.90. The van der Waals surface area contributed by atoms with E-state index in [1.54, 1.807) is 12.6 Å². The lowest BCUT2D eigenvalue weighted by Crippen LogP contribution is -2.54. The van der Waals surface area contributed by atoms with Gasteiger partial charge in [0.15, 0.2) is 0 Å². The van der Waals surface area contributed by atoms with Crippen molar-refractivity contribution in [2.24, 2.45) is 0 Å². The first kappa shape index (κ1) is 21.3. The number of amides is 1. The Morgan fingerprint density at radius 1 is 1.33 bits per heavy atom. The molecule has 27 heavy (non-hydrogen) atoms. The second kappa shape index (κ2) is 9.80. The zero-order valence-electron chi connectivity index (χ0n) is 16.2. The van der Waals surface area contributed by atoms with Crippen LogP contribution in [0.3, 0.4) is 0 Å². The van der Waals surface area contributed by atoms with Gasteiger partial charge in [-0.1, -0.05) is 61.9 Å². The molecule has 0 saturated carbocycles. The van der Waals surface area contributed by atoms with E-state index in [1.807, 2.05) is 12.2 Å². The van der Waals surface area contributed by atoms with Gasteiger partial charge in [0, 0.05) is 19.6 Å². The topological polar surface area (TPSA) is 90.8 Å². The molecule has 0 aromatic heterocycles. The molecule has 1 aromatic rings. The second-order valence-electron chi connectivity index (χ2n) is 6.97. The quantitative estimate of drug-likeness (QED) is 0.302. The lowest BCUT2D eigenvalue weighted by molar-refractivity contribution is -0.134. The number of benzene rings is 1. The molecule has 1 aromatic carbocycles. The van der Waals surface area contributed by atoms with Gasteiger partial charge in [0.05, 0.1) is 6.10 Å². The molecule has 0 aliphatic heterocycles. The van der Waals surface area contributed by atoms with Gasteiger partial charge in [0.2, 0.25) is 0 Å². The third-order valence-corrected chi connectivity index (χ3v) is 4.90. The van der Waals surface area contributed by atoms with Crippen molar-refractivity contribution in [1.29, 1.82) is 0 Å². The van der Waals surface area contributed by atoms with E-state index in [0.717, 1.165) is 12.8 Å². The maximum atomic E-state index is 11.7. The van der Waals surface area contributed by atoms with Gasteiger partial charge in [-0.05, 0) is 24.5 Å². The molecular weight excluding hydrogens is 344 g/mol. The SMILES string of the molecule is CCCc1cccc(C2C=CC(CN[C@H](C(=O)NO)[C@@H](C)O)(OC)C=C2)c1. The molecule has 148 valence electrons. The molecule has 2 atom stereocenters. The Kier molecular flexibility index (Phi) is 7.74. The molecule has 6 heteroatoms. The number of aryl methyl sites for hydroxylation is 1. The van der Waals surface area contributed by atoms with Gasteiger partial charge in [0.25, 0.3) is 5.91 Å². The summed E-state index contributed by atoms with van der Waals surface area (Å²) < 4.78 is 5.66. The van der Waals surface area contributed by atoms with Crippen molar-refractivity contribution in [3.05, 3.63) is 59.7 Å². The van der Waals surface area contributed by atoms with E-state index in [9.17, 15) is 9.90 Å². The molecule has 2 rings (SSSR count). The highest BCUT2D eigenvalue weighted by Gasteiger charge is 2.31. The normalized spacial score (nSPS) is 23.8. The highest BCUT2D eigenvalue weighted by Crippen LogP contribution is 2.29. The van der Waals surface area contributed by atoms with E-state index in [2.05, 4.69) is 48.7 Å². The van der Waals surface area contributed by atoms with E-state index >= 15 is 0 Å². The van der Waals surface area contributed by atoms with Crippen molar-refractivity contribution in [3.8, 4) is 0 Å². The monoisotopic (exact) mass is 374 g/mol. The molecule has 4 N–H and O–H groups in total. The van der Waals surface area contributed by atoms with Crippen molar-refractivity contribution in [3.63, 3.8) is 0 Å². The number of aliphatic hydroxyl groups is 1. The van der Waals surface area contributed by atoms with Crippen molar-refractivity contribution in [1.82, 2.24) is 10.8 Å². The molecule has 0 heterocycles. The molecule has 1 amide bonds.